The number of nitrogens with zero attached hydrogens (tertiary/aromatic N) is 3. The molecule has 0 spiro atoms. The number of imidazole rings is 1. The van der Waals surface area contributed by atoms with Crippen molar-refractivity contribution in [3.63, 3.8) is 0 Å². The molecule has 1 aromatic heterocycles. The molecule has 3 aromatic rings. The second-order valence-corrected chi connectivity index (χ2v) is 9.59. The number of allylic oxidation sites excluding steroid dienone is 2. The zero-order valence-corrected chi connectivity index (χ0v) is 21.5. The van der Waals surface area contributed by atoms with Crippen LogP contribution in [0, 0.1) is 6.92 Å². The highest BCUT2D eigenvalue weighted by atomic mass is 19.4. The number of aryl methyl sites for hydroxylation is 1. The SMILES string of the molecule is C=C(/N=C\C=C(/C)c1c(-c2cccc(C(F)(F)F)c2)nc(C)n1C1CCCC1)NC(C)c1ccccc1. The first-order valence-electron chi connectivity index (χ1n) is 12.6. The zero-order valence-electron chi connectivity index (χ0n) is 21.5. The van der Waals surface area contributed by atoms with Gasteiger partial charge < -0.3 is 9.88 Å². The van der Waals surface area contributed by atoms with Crippen molar-refractivity contribution in [2.45, 2.75) is 64.7 Å². The summed E-state index contributed by atoms with van der Waals surface area (Å²) >= 11 is 0. The molecule has 1 aliphatic rings. The monoisotopic (exact) mass is 506 g/mol. The van der Waals surface area contributed by atoms with Gasteiger partial charge in [-0.2, -0.15) is 13.2 Å². The van der Waals surface area contributed by atoms with Crippen molar-refractivity contribution in [3.8, 4) is 11.3 Å². The molecule has 0 aliphatic heterocycles. The van der Waals surface area contributed by atoms with Crippen LogP contribution in [0.3, 0.4) is 0 Å². The smallest absolute Gasteiger partial charge is 0.364 e. The Morgan fingerprint density at radius 3 is 2.51 bits per heavy atom. The lowest BCUT2D eigenvalue weighted by Gasteiger charge is -2.19. The van der Waals surface area contributed by atoms with Crippen molar-refractivity contribution in [1.82, 2.24) is 14.9 Å². The van der Waals surface area contributed by atoms with Gasteiger partial charge in [0.15, 0.2) is 0 Å². The maximum atomic E-state index is 13.4. The average molecular weight is 507 g/mol. The van der Waals surface area contributed by atoms with Crippen LogP contribution in [0.25, 0.3) is 16.8 Å². The minimum atomic E-state index is -4.42. The van der Waals surface area contributed by atoms with Gasteiger partial charge in [-0.1, -0.05) is 61.9 Å². The molecule has 0 bridgehead atoms. The van der Waals surface area contributed by atoms with E-state index >= 15 is 0 Å². The van der Waals surface area contributed by atoms with Crippen LogP contribution in [0.4, 0.5) is 13.2 Å². The molecule has 1 aliphatic carbocycles. The number of benzene rings is 2. The summed E-state index contributed by atoms with van der Waals surface area (Å²) in [5.74, 6) is 1.33. The summed E-state index contributed by atoms with van der Waals surface area (Å²) < 4.78 is 42.5. The largest absolute Gasteiger partial charge is 0.416 e. The zero-order chi connectivity index (χ0) is 26.6. The summed E-state index contributed by atoms with van der Waals surface area (Å²) in [6.45, 7) is 9.93. The van der Waals surface area contributed by atoms with Crippen LogP contribution in [-0.2, 0) is 6.18 Å². The van der Waals surface area contributed by atoms with Crippen LogP contribution in [0.1, 0.15) is 74.3 Å². The molecule has 1 N–H and O–H groups in total. The van der Waals surface area contributed by atoms with E-state index in [4.69, 9.17) is 4.98 Å². The molecule has 0 saturated heterocycles. The van der Waals surface area contributed by atoms with E-state index in [0.717, 1.165) is 54.4 Å². The van der Waals surface area contributed by atoms with E-state index in [2.05, 4.69) is 21.5 Å². The van der Waals surface area contributed by atoms with Crippen LogP contribution in [0.5, 0.6) is 0 Å². The molecular weight excluding hydrogens is 473 g/mol. The van der Waals surface area contributed by atoms with E-state index in [1.165, 1.54) is 12.1 Å². The van der Waals surface area contributed by atoms with Crippen LogP contribution in [0.15, 0.2) is 78.1 Å². The highest BCUT2D eigenvalue weighted by Crippen LogP contribution is 2.39. The van der Waals surface area contributed by atoms with Crippen LogP contribution in [-0.4, -0.2) is 15.8 Å². The molecule has 37 heavy (non-hydrogen) atoms. The number of aromatic nitrogens is 2. The number of nitrogens with one attached hydrogen (secondary N) is 1. The fraction of sp³-hybridized carbons (Fsp3) is 0.333. The number of aliphatic imine (C=N–C) groups is 1. The van der Waals surface area contributed by atoms with E-state index in [1.54, 1.807) is 12.3 Å². The second-order valence-electron chi connectivity index (χ2n) is 9.59. The minimum absolute atomic E-state index is 0.0508. The van der Waals surface area contributed by atoms with E-state index in [-0.39, 0.29) is 12.1 Å². The van der Waals surface area contributed by atoms with Gasteiger partial charge in [0.25, 0.3) is 0 Å². The number of rotatable bonds is 8. The summed E-state index contributed by atoms with van der Waals surface area (Å²) in [5, 5.41) is 3.28. The summed E-state index contributed by atoms with van der Waals surface area (Å²) in [6, 6.07) is 15.8. The topological polar surface area (TPSA) is 42.2 Å². The molecule has 1 atom stereocenters. The van der Waals surface area contributed by atoms with Gasteiger partial charge >= 0.3 is 6.18 Å². The third-order valence-corrected chi connectivity index (χ3v) is 6.85. The van der Waals surface area contributed by atoms with Crippen molar-refractivity contribution in [1.29, 1.82) is 0 Å². The van der Waals surface area contributed by atoms with E-state index in [1.807, 2.05) is 57.2 Å². The first-order chi connectivity index (χ1) is 17.6. The Morgan fingerprint density at radius 1 is 1.14 bits per heavy atom. The summed E-state index contributed by atoms with van der Waals surface area (Å²) in [7, 11) is 0. The molecule has 1 fully saturated rings. The van der Waals surface area contributed by atoms with Gasteiger partial charge in [-0.3, -0.25) is 0 Å². The van der Waals surface area contributed by atoms with Crippen molar-refractivity contribution < 1.29 is 13.2 Å². The van der Waals surface area contributed by atoms with Gasteiger partial charge in [0, 0.05) is 23.9 Å². The quantitative estimate of drug-likeness (QED) is 0.312. The average Bonchev–Trinajstić information content (AvgIpc) is 3.51. The fourth-order valence-electron chi connectivity index (χ4n) is 5.00. The molecule has 0 radical (unpaired) electrons. The van der Waals surface area contributed by atoms with E-state index < -0.39 is 11.7 Å². The number of hydrogen-bond donors (Lipinski definition) is 1. The van der Waals surface area contributed by atoms with Crippen molar-refractivity contribution in [2.24, 2.45) is 4.99 Å². The summed E-state index contributed by atoms with van der Waals surface area (Å²) in [5.41, 5.74) is 3.19. The number of alkyl halides is 3. The van der Waals surface area contributed by atoms with Crippen molar-refractivity contribution >= 4 is 11.8 Å². The summed E-state index contributed by atoms with van der Waals surface area (Å²) in [4.78, 5) is 9.22. The Hall–Kier alpha value is -3.61. The lowest BCUT2D eigenvalue weighted by Crippen LogP contribution is -2.16. The van der Waals surface area contributed by atoms with Gasteiger partial charge in [-0.05, 0) is 63.0 Å². The van der Waals surface area contributed by atoms with Gasteiger partial charge in [0.1, 0.15) is 11.6 Å². The Bertz CT molecular complexity index is 1300. The molecule has 1 saturated carbocycles. The maximum absolute atomic E-state index is 13.4. The molecule has 0 amide bonds. The molecule has 4 nitrogen and oxygen atoms in total. The molecule has 7 heteroatoms. The van der Waals surface area contributed by atoms with Crippen LogP contribution >= 0.6 is 0 Å². The van der Waals surface area contributed by atoms with E-state index in [9.17, 15) is 13.2 Å². The summed E-state index contributed by atoms with van der Waals surface area (Å²) in [6.07, 6.45) is 3.48. The predicted molar refractivity (Wildman–Crippen MR) is 144 cm³/mol. The predicted octanol–water partition coefficient (Wildman–Crippen LogP) is 8.29. The normalized spacial score (nSPS) is 15.9. The van der Waals surface area contributed by atoms with Gasteiger partial charge in [-0.15, -0.1) is 0 Å². The third kappa shape index (κ3) is 6.21. The van der Waals surface area contributed by atoms with Crippen LogP contribution in [0.2, 0.25) is 0 Å². The van der Waals surface area contributed by atoms with Gasteiger partial charge in [0.2, 0.25) is 0 Å². The molecule has 1 unspecified atom stereocenters. The highest BCUT2D eigenvalue weighted by molar-refractivity contribution is 5.87. The van der Waals surface area contributed by atoms with Gasteiger partial charge in [-0.25, -0.2) is 9.98 Å². The maximum Gasteiger partial charge on any atom is 0.416 e. The Labute approximate surface area is 216 Å². The Kier molecular flexibility index (Phi) is 8.00. The minimum Gasteiger partial charge on any atom is -0.364 e. The second kappa shape index (κ2) is 11.2. The first kappa shape index (κ1) is 26.5. The molecular formula is C30H33F3N4. The lowest BCUT2D eigenvalue weighted by molar-refractivity contribution is -0.137. The molecule has 4 rings (SSSR count). The third-order valence-electron chi connectivity index (χ3n) is 6.85. The Morgan fingerprint density at radius 2 is 1.84 bits per heavy atom. The molecule has 194 valence electrons. The number of halogens is 3. The van der Waals surface area contributed by atoms with Gasteiger partial charge in [0.05, 0.1) is 17.0 Å². The van der Waals surface area contributed by atoms with Crippen LogP contribution < -0.4 is 5.32 Å². The van der Waals surface area contributed by atoms with Crippen molar-refractivity contribution in [2.75, 3.05) is 0 Å². The highest BCUT2D eigenvalue weighted by Gasteiger charge is 2.31. The fourth-order valence-corrected chi connectivity index (χ4v) is 5.00. The molecule has 2 aromatic carbocycles. The Balaban J connectivity index is 1.65. The molecule has 1 heterocycles. The lowest BCUT2D eigenvalue weighted by atomic mass is 10.0. The van der Waals surface area contributed by atoms with Crippen molar-refractivity contribution in [3.05, 3.63) is 95.7 Å². The van der Waals surface area contributed by atoms with E-state index in [0.29, 0.717) is 17.1 Å². The number of hydrogen-bond acceptors (Lipinski definition) is 3. The standard InChI is InChI=1S/C30H33F3N4/c1-20(17-18-34-22(3)35-21(2)24-11-6-5-7-12-24)29-28(25-13-10-14-26(19-25)30(31,32)33)36-23(4)37(29)27-15-8-9-16-27/h5-7,10-14,17-19,21,27,35H,3,8-9,15-16H2,1-2,4H3/b20-17+,34-18-. The first-order valence-corrected chi connectivity index (χ1v) is 12.6.